The van der Waals surface area contributed by atoms with E-state index in [4.69, 9.17) is 23.2 Å². The van der Waals surface area contributed by atoms with Gasteiger partial charge >= 0.3 is 0 Å². The van der Waals surface area contributed by atoms with E-state index in [0.29, 0.717) is 15.6 Å². The molecule has 7 nitrogen and oxygen atoms in total. The SMILES string of the molecule is Cc1ccc(S(=O)(=O)N(CC(=O)N(Cc2ccc(Cl)cc2)C(Cc2ccccc2)C(=O)NC(C)C)c2cc(Cl)ccc2C)cc1. The summed E-state index contributed by atoms with van der Waals surface area (Å²) in [7, 11) is -4.23. The van der Waals surface area contributed by atoms with Crippen LogP contribution in [0.25, 0.3) is 0 Å². The first-order valence-corrected chi connectivity index (χ1v) is 16.8. The summed E-state index contributed by atoms with van der Waals surface area (Å²) in [5.41, 5.74) is 3.37. The fraction of sp³-hybridized carbons (Fsp3) is 0.257. The Morgan fingerprint density at radius 3 is 2.04 bits per heavy atom. The van der Waals surface area contributed by atoms with E-state index in [1.807, 2.05) is 51.1 Å². The molecule has 0 aliphatic heterocycles. The van der Waals surface area contributed by atoms with Crippen molar-refractivity contribution in [2.45, 2.75) is 57.6 Å². The molecule has 0 saturated heterocycles. The van der Waals surface area contributed by atoms with Crippen LogP contribution in [0.2, 0.25) is 10.0 Å². The maximum atomic E-state index is 14.5. The standard InChI is InChI=1S/C35H37Cl2N3O4S/c1-24(2)38-35(42)33(20-27-8-6-5-7-9-27)39(22-28-13-16-29(36)17-14-28)34(41)23-40(32-21-30(37)15-12-26(32)4)45(43,44)31-18-10-25(3)11-19-31/h5-19,21,24,33H,20,22-23H2,1-4H3,(H,38,42). The van der Waals surface area contributed by atoms with Crippen LogP contribution in [0.15, 0.2) is 102 Å². The van der Waals surface area contributed by atoms with Gasteiger partial charge in [-0.2, -0.15) is 0 Å². The lowest BCUT2D eigenvalue weighted by Gasteiger charge is -2.34. The van der Waals surface area contributed by atoms with Crippen LogP contribution >= 0.6 is 23.2 Å². The Kier molecular flexibility index (Phi) is 11.3. The minimum Gasteiger partial charge on any atom is -0.352 e. The predicted molar refractivity (Wildman–Crippen MR) is 181 cm³/mol. The van der Waals surface area contributed by atoms with Crippen LogP contribution in [0.5, 0.6) is 0 Å². The number of halogens is 2. The van der Waals surface area contributed by atoms with Gasteiger partial charge < -0.3 is 10.2 Å². The van der Waals surface area contributed by atoms with Crippen molar-refractivity contribution >= 4 is 50.7 Å². The number of hydrogen-bond donors (Lipinski definition) is 1. The molecule has 0 radical (unpaired) electrons. The number of rotatable bonds is 12. The molecule has 4 aromatic carbocycles. The molecule has 1 N–H and O–H groups in total. The molecule has 10 heteroatoms. The highest BCUT2D eigenvalue weighted by Crippen LogP contribution is 2.30. The molecule has 236 valence electrons. The number of nitrogens with one attached hydrogen (secondary N) is 1. The van der Waals surface area contributed by atoms with Crippen molar-refractivity contribution in [3.63, 3.8) is 0 Å². The molecule has 1 atom stereocenters. The number of nitrogens with zero attached hydrogens (tertiary/aromatic N) is 2. The third-order valence-electron chi connectivity index (χ3n) is 7.30. The number of amides is 2. The van der Waals surface area contributed by atoms with Gasteiger partial charge in [0.25, 0.3) is 10.0 Å². The van der Waals surface area contributed by atoms with Gasteiger partial charge in [0.2, 0.25) is 11.8 Å². The third kappa shape index (κ3) is 8.87. The lowest BCUT2D eigenvalue weighted by Crippen LogP contribution is -2.54. The van der Waals surface area contributed by atoms with Gasteiger partial charge in [-0.1, -0.05) is 89.4 Å². The zero-order chi connectivity index (χ0) is 32.7. The first kappa shape index (κ1) is 34.0. The molecule has 2 amide bonds. The molecule has 0 spiro atoms. The fourth-order valence-electron chi connectivity index (χ4n) is 4.92. The third-order valence-corrected chi connectivity index (χ3v) is 9.56. The van der Waals surface area contributed by atoms with Crippen LogP contribution in [-0.2, 0) is 32.6 Å². The minimum absolute atomic E-state index is 0.0305. The lowest BCUT2D eigenvalue weighted by molar-refractivity contribution is -0.140. The smallest absolute Gasteiger partial charge is 0.264 e. The van der Waals surface area contributed by atoms with Gasteiger partial charge in [0, 0.05) is 29.1 Å². The van der Waals surface area contributed by atoms with Gasteiger partial charge in [-0.05, 0) is 80.8 Å². The van der Waals surface area contributed by atoms with Crippen LogP contribution in [0, 0.1) is 13.8 Å². The Balaban J connectivity index is 1.83. The first-order chi connectivity index (χ1) is 21.3. The molecule has 0 fully saturated rings. The van der Waals surface area contributed by atoms with E-state index in [9.17, 15) is 18.0 Å². The van der Waals surface area contributed by atoms with E-state index >= 15 is 0 Å². The number of hydrogen-bond acceptors (Lipinski definition) is 4. The molecule has 0 bridgehead atoms. The largest absolute Gasteiger partial charge is 0.352 e. The van der Waals surface area contributed by atoms with Crippen LogP contribution < -0.4 is 9.62 Å². The maximum Gasteiger partial charge on any atom is 0.264 e. The molecule has 0 aliphatic rings. The van der Waals surface area contributed by atoms with E-state index in [1.54, 1.807) is 55.5 Å². The summed E-state index contributed by atoms with van der Waals surface area (Å²) in [4.78, 5) is 29.8. The van der Waals surface area contributed by atoms with Crippen molar-refractivity contribution in [2.24, 2.45) is 0 Å². The van der Waals surface area contributed by atoms with Crippen molar-refractivity contribution in [3.05, 3.63) is 129 Å². The van der Waals surface area contributed by atoms with E-state index in [-0.39, 0.29) is 35.5 Å². The summed E-state index contributed by atoms with van der Waals surface area (Å²) in [6.07, 6.45) is 0.222. The molecule has 4 aromatic rings. The number of sulfonamides is 1. The molecular weight excluding hydrogens is 629 g/mol. The Morgan fingerprint density at radius 2 is 1.42 bits per heavy atom. The Hall–Kier alpha value is -3.85. The van der Waals surface area contributed by atoms with E-state index in [2.05, 4.69) is 5.32 Å². The summed E-state index contributed by atoms with van der Waals surface area (Å²) in [5, 5.41) is 3.81. The van der Waals surface area contributed by atoms with Gasteiger partial charge in [-0.25, -0.2) is 8.42 Å². The van der Waals surface area contributed by atoms with Crippen LogP contribution in [-0.4, -0.2) is 43.8 Å². The summed E-state index contributed by atoms with van der Waals surface area (Å²) in [5.74, 6) is -0.900. The normalized spacial score (nSPS) is 12.1. The number of carbonyl (C=O) groups is 2. The lowest BCUT2D eigenvalue weighted by atomic mass is 10.0. The van der Waals surface area contributed by atoms with Gasteiger partial charge in [0.1, 0.15) is 12.6 Å². The van der Waals surface area contributed by atoms with Gasteiger partial charge in [0.15, 0.2) is 0 Å². The Labute approximate surface area is 275 Å². The summed E-state index contributed by atoms with van der Waals surface area (Å²) >= 11 is 12.5. The second-order valence-corrected chi connectivity index (χ2v) is 14.0. The molecule has 0 heterocycles. The van der Waals surface area contributed by atoms with Crippen molar-refractivity contribution in [2.75, 3.05) is 10.8 Å². The minimum atomic E-state index is -4.23. The molecule has 1 unspecified atom stereocenters. The highest BCUT2D eigenvalue weighted by molar-refractivity contribution is 7.92. The molecule has 0 aromatic heterocycles. The zero-order valence-corrected chi connectivity index (χ0v) is 28.0. The molecule has 45 heavy (non-hydrogen) atoms. The molecule has 0 saturated carbocycles. The van der Waals surface area contributed by atoms with Gasteiger partial charge in [0.05, 0.1) is 10.6 Å². The number of aryl methyl sites for hydroxylation is 2. The van der Waals surface area contributed by atoms with Crippen molar-refractivity contribution in [1.82, 2.24) is 10.2 Å². The predicted octanol–water partition coefficient (Wildman–Crippen LogP) is 6.97. The maximum absolute atomic E-state index is 14.5. The van der Waals surface area contributed by atoms with Crippen LogP contribution in [0.1, 0.15) is 36.1 Å². The number of anilines is 1. The highest BCUT2D eigenvalue weighted by atomic mass is 35.5. The van der Waals surface area contributed by atoms with Gasteiger partial charge in [-0.15, -0.1) is 0 Å². The van der Waals surface area contributed by atoms with Crippen LogP contribution in [0.3, 0.4) is 0 Å². The van der Waals surface area contributed by atoms with Crippen molar-refractivity contribution < 1.29 is 18.0 Å². The number of benzene rings is 4. The summed E-state index contributed by atoms with van der Waals surface area (Å²) < 4.78 is 29.5. The average molecular weight is 667 g/mol. The van der Waals surface area contributed by atoms with Gasteiger partial charge in [-0.3, -0.25) is 13.9 Å². The van der Waals surface area contributed by atoms with E-state index < -0.39 is 28.5 Å². The molecular formula is C35H37Cl2N3O4S. The fourth-order valence-corrected chi connectivity index (χ4v) is 6.69. The zero-order valence-electron chi connectivity index (χ0n) is 25.7. The second-order valence-electron chi connectivity index (χ2n) is 11.3. The topological polar surface area (TPSA) is 86.8 Å². The highest BCUT2D eigenvalue weighted by Gasteiger charge is 2.35. The Bertz CT molecular complexity index is 1730. The first-order valence-electron chi connectivity index (χ1n) is 14.6. The quantitative estimate of drug-likeness (QED) is 0.177. The summed E-state index contributed by atoms with van der Waals surface area (Å²) in [6.45, 7) is 6.80. The van der Waals surface area contributed by atoms with E-state index in [0.717, 1.165) is 21.0 Å². The van der Waals surface area contributed by atoms with Crippen molar-refractivity contribution in [1.29, 1.82) is 0 Å². The summed E-state index contributed by atoms with van der Waals surface area (Å²) in [6, 6.07) is 26.6. The van der Waals surface area contributed by atoms with Crippen molar-refractivity contribution in [3.8, 4) is 0 Å². The molecule has 4 rings (SSSR count). The van der Waals surface area contributed by atoms with E-state index in [1.165, 1.54) is 23.1 Å². The Morgan fingerprint density at radius 1 is 0.800 bits per heavy atom. The monoisotopic (exact) mass is 665 g/mol. The second kappa shape index (κ2) is 15.0. The van der Waals surface area contributed by atoms with Crippen LogP contribution in [0.4, 0.5) is 5.69 Å². The number of carbonyl (C=O) groups excluding carboxylic acids is 2. The molecule has 0 aliphatic carbocycles. The average Bonchev–Trinajstić information content (AvgIpc) is 3.00.